The zero-order valence-corrected chi connectivity index (χ0v) is 12.3. The summed E-state index contributed by atoms with van der Waals surface area (Å²) < 4.78 is 0. The number of nitrogen functional groups attached to an aromatic ring is 1. The number of nitrogens with one attached hydrogen (secondary N) is 1. The van der Waals surface area contributed by atoms with Crippen LogP contribution in [-0.2, 0) is 0 Å². The van der Waals surface area contributed by atoms with Crippen molar-refractivity contribution in [1.82, 2.24) is 0 Å². The first-order valence-electron chi connectivity index (χ1n) is 6.26. The van der Waals surface area contributed by atoms with Crippen LogP contribution in [0.2, 0.25) is 0 Å². The number of thiophene rings is 1. The molecule has 0 spiro atoms. The average molecular weight is 276 g/mol. The van der Waals surface area contributed by atoms with Gasteiger partial charge in [0, 0.05) is 10.3 Å². The summed E-state index contributed by atoms with van der Waals surface area (Å²) in [4.78, 5) is 1.19. The van der Waals surface area contributed by atoms with Gasteiger partial charge in [0.05, 0.1) is 11.4 Å². The van der Waals surface area contributed by atoms with E-state index >= 15 is 0 Å². The molecule has 0 saturated carbocycles. The van der Waals surface area contributed by atoms with E-state index in [9.17, 15) is 5.11 Å². The molecular formula is C15H20N2OS. The fourth-order valence-corrected chi connectivity index (χ4v) is 2.37. The number of hydrogen-bond donors (Lipinski definition) is 3. The third kappa shape index (κ3) is 3.28. The fraction of sp³-hybridized carbons (Fsp3) is 0.333. The molecule has 0 amide bonds. The lowest BCUT2D eigenvalue weighted by Crippen LogP contribution is -2.33. The lowest BCUT2D eigenvalue weighted by atomic mass is 9.94. The van der Waals surface area contributed by atoms with Gasteiger partial charge in [-0.25, -0.2) is 0 Å². The van der Waals surface area contributed by atoms with Crippen molar-refractivity contribution in [3.63, 3.8) is 0 Å². The molecule has 4 heteroatoms. The quantitative estimate of drug-likeness (QED) is 0.591. The normalized spacial score (nSPS) is 13.3. The molecule has 0 fully saturated rings. The zero-order chi connectivity index (χ0) is 14.0. The molecule has 3 nitrogen and oxygen atoms in total. The van der Waals surface area contributed by atoms with Gasteiger partial charge in [0.25, 0.3) is 0 Å². The number of hydrogen-bond acceptors (Lipinski definition) is 4. The van der Waals surface area contributed by atoms with Gasteiger partial charge in [0.2, 0.25) is 0 Å². The van der Waals surface area contributed by atoms with E-state index in [2.05, 4.69) is 11.4 Å². The van der Waals surface area contributed by atoms with Gasteiger partial charge in [-0.05, 0) is 29.1 Å². The van der Waals surface area contributed by atoms with Crippen LogP contribution < -0.4 is 11.1 Å². The van der Waals surface area contributed by atoms with Gasteiger partial charge in [-0.2, -0.15) is 0 Å². The highest BCUT2D eigenvalue weighted by Crippen LogP contribution is 2.31. The molecule has 1 aromatic heterocycles. The Balaban J connectivity index is 2.28. The van der Waals surface area contributed by atoms with E-state index in [4.69, 9.17) is 5.73 Å². The largest absolute Gasteiger partial charge is 0.397 e. The number of aliphatic hydroxyl groups excluding tert-OH is 1. The molecule has 0 aliphatic rings. The van der Waals surface area contributed by atoms with Gasteiger partial charge in [-0.15, -0.1) is 11.3 Å². The molecule has 102 valence electrons. The Bertz CT molecular complexity index is 544. The number of aliphatic hydroxyl groups is 1. The van der Waals surface area contributed by atoms with Crippen molar-refractivity contribution < 1.29 is 5.11 Å². The highest BCUT2D eigenvalue weighted by Gasteiger charge is 2.22. The molecule has 1 heterocycles. The number of nitrogens with two attached hydrogens (primary N) is 1. The molecule has 1 aromatic carbocycles. The van der Waals surface area contributed by atoms with Crippen molar-refractivity contribution in [2.75, 3.05) is 11.1 Å². The summed E-state index contributed by atoms with van der Waals surface area (Å²) in [5.74, 6) is 0. The van der Waals surface area contributed by atoms with E-state index in [-0.39, 0.29) is 5.41 Å². The van der Waals surface area contributed by atoms with Gasteiger partial charge in [0.15, 0.2) is 0 Å². The van der Waals surface area contributed by atoms with E-state index in [0.717, 1.165) is 11.3 Å². The standard InChI is InChI=1S/C15H20N2OS/c1-15(2,3)14(18)17-12-9-10(6-7-11(12)16)13-5-4-8-19-13/h4-9,14,17-18H,16H2,1-3H3. The molecule has 2 aromatic rings. The summed E-state index contributed by atoms with van der Waals surface area (Å²) in [7, 11) is 0. The molecule has 19 heavy (non-hydrogen) atoms. The predicted molar refractivity (Wildman–Crippen MR) is 83.3 cm³/mol. The highest BCUT2D eigenvalue weighted by atomic mass is 32.1. The van der Waals surface area contributed by atoms with E-state index in [1.807, 2.05) is 50.4 Å². The zero-order valence-electron chi connectivity index (χ0n) is 11.5. The Morgan fingerprint density at radius 2 is 2.00 bits per heavy atom. The van der Waals surface area contributed by atoms with E-state index in [1.54, 1.807) is 11.3 Å². The third-order valence-electron chi connectivity index (χ3n) is 2.97. The SMILES string of the molecule is CC(C)(C)C(O)Nc1cc(-c2cccs2)ccc1N. The predicted octanol–water partition coefficient (Wildman–Crippen LogP) is 3.77. The fourth-order valence-electron chi connectivity index (χ4n) is 1.64. The molecule has 0 aliphatic heterocycles. The van der Waals surface area contributed by atoms with Crippen LogP contribution in [0.25, 0.3) is 10.4 Å². The minimum Gasteiger partial charge on any atom is -0.397 e. The molecular weight excluding hydrogens is 256 g/mol. The van der Waals surface area contributed by atoms with E-state index in [0.29, 0.717) is 5.69 Å². The average Bonchev–Trinajstić information content (AvgIpc) is 2.84. The Hall–Kier alpha value is -1.52. The van der Waals surface area contributed by atoms with E-state index in [1.165, 1.54) is 4.88 Å². The van der Waals surface area contributed by atoms with Gasteiger partial charge in [-0.3, -0.25) is 0 Å². The Kier molecular flexibility index (Phi) is 3.83. The van der Waals surface area contributed by atoms with Crippen molar-refractivity contribution in [3.05, 3.63) is 35.7 Å². The minimum atomic E-state index is -0.645. The van der Waals surface area contributed by atoms with Crippen LogP contribution in [0.5, 0.6) is 0 Å². The second-order valence-electron chi connectivity index (χ2n) is 5.69. The van der Waals surface area contributed by atoms with Crippen molar-refractivity contribution in [3.8, 4) is 10.4 Å². The second kappa shape index (κ2) is 5.23. The first kappa shape index (κ1) is 13.9. The second-order valence-corrected chi connectivity index (χ2v) is 6.64. The lowest BCUT2D eigenvalue weighted by Gasteiger charge is -2.28. The lowest BCUT2D eigenvalue weighted by molar-refractivity contribution is 0.0881. The van der Waals surface area contributed by atoms with Crippen LogP contribution in [0.4, 0.5) is 11.4 Å². The van der Waals surface area contributed by atoms with Crippen molar-refractivity contribution in [1.29, 1.82) is 0 Å². The monoisotopic (exact) mass is 276 g/mol. The first-order valence-corrected chi connectivity index (χ1v) is 7.14. The molecule has 4 N–H and O–H groups in total. The van der Waals surface area contributed by atoms with Gasteiger partial charge < -0.3 is 16.2 Å². The Labute approximate surface area is 118 Å². The summed E-state index contributed by atoms with van der Waals surface area (Å²) in [5, 5.41) is 15.3. The maximum absolute atomic E-state index is 10.1. The molecule has 0 saturated heterocycles. The van der Waals surface area contributed by atoms with Crippen LogP contribution in [0.15, 0.2) is 35.7 Å². The number of benzene rings is 1. The van der Waals surface area contributed by atoms with Gasteiger partial charge >= 0.3 is 0 Å². The number of rotatable bonds is 3. The summed E-state index contributed by atoms with van der Waals surface area (Å²) in [5.41, 5.74) is 8.24. The maximum Gasteiger partial charge on any atom is 0.129 e. The summed E-state index contributed by atoms with van der Waals surface area (Å²) in [6.45, 7) is 5.93. The van der Waals surface area contributed by atoms with Crippen molar-refractivity contribution in [2.45, 2.75) is 27.0 Å². The molecule has 1 atom stereocenters. The molecule has 2 rings (SSSR count). The van der Waals surface area contributed by atoms with Gasteiger partial charge in [0.1, 0.15) is 6.23 Å². The Morgan fingerprint density at radius 1 is 1.26 bits per heavy atom. The molecule has 0 radical (unpaired) electrons. The molecule has 1 unspecified atom stereocenters. The van der Waals surface area contributed by atoms with Crippen LogP contribution in [0.1, 0.15) is 20.8 Å². The smallest absolute Gasteiger partial charge is 0.129 e. The molecule has 0 aliphatic carbocycles. The summed E-state index contributed by atoms with van der Waals surface area (Å²) >= 11 is 1.68. The van der Waals surface area contributed by atoms with Crippen LogP contribution in [0, 0.1) is 5.41 Å². The molecule has 0 bridgehead atoms. The Morgan fingerprint density at radius 3 is 2.58 bits per heavy atom. The maximum atomic E-state index is 10.1. The highest BCUT2D eigenvalue weighted by molar-refractivity contribution is 7.13. The first-order chi connectivity index (χ1) is 8.88. The summed E-state index contributed by atoms with van der Waals surface area (Å²) in [6.07, 6.45) is -0.645. The number of anilines is 2. The van der Waals surface area contributed by atoms with Crippen molar-refractivity contribution >= 4 is 22.7 Å². The van der Waals surface area contributed by atoms with Crippen molar-refractivity contribution in [2.24, 2.45) is 5.41 Å². The van der Waals surface area contributed by atoms with Crippen LogP contribution in [0.3, 0.4) is 0 Å². The van der Waals surface area contributed by atoms with Gasteiger partial charge in [-0.1, -0.05) is 32.9 Å². The van der Waals surface area contributed by atoms with E-state index < -0.39 is 6.23 Å². The summed E-state index contributed by atoms with van der Waals surface area (Å²) in [6, 6.07) is 9.94. The van der Waals surface area contributed by atoms with Crippen LogP contribution >= 0.6 is 11.3 Å². The minimum absolute atomic E-state index is 0.245. The third-order valence-corrected chi connectivity index (χ3v) is 3.89. The van der Waals surface area contributed by atoms with Crippen LogP contribution in [-0.4, -0.2) is 11.3 Å². The topological polar surface area (TPSA) is 58.3 Å².